The number of oxime groups is 1. The van der Waals surface area contributed by atoms with Crippen LogP contribution in [0.4, 0.5) is 0 Å². The Labute approximate surface area is 75.4 Å². The van der Waals surface area contributed by atoms with Crippen LogP contribution in [0.3, 0.4) is 0 Å². The molecule has 0 fully saturated rings. The second kappa shape index (κ2) is 7.10. The Bertz CT molecular complexity index is 134. The Hall–Kier alpha value is -0.570. The molecule has 3 nitrogen and oxygen atoms in total. The monoisotopic (exact) mass is 172 g/mol. The Morgan fingerprint density at radius 2 is 2.08 bits per heavy atom. The highest BCUT2D eigenvalue weighted by atomic mass is 16.6. The molecule has 3 heteroatoms. The average molecular weight is 172 g/mol. The summed E-state index contributed by atoms with van der Waals surface area (Å²) in [7, 11) is 2.11. The van der Waals surface area contributed by atoms with Crippen LogP contribution in [0.1, 0.15) is 27.2 Å². The quantitative estimate of drug-likeness (QED) is 0.450. The van der Waals surface area contributed by atoms with Crippen LogP contribution in [0.15, 0.2) is 5.16 Å². The molecular formula is C9H20N2O. The molecule has 0 bridgehead atoms. The minimum atomic E-state index is 0.654. The van der Waals surface area contributed by atoms with Gasteiger partial charge in [-0.3, -0.25) is 0 Å². The van der Waals surface area contributed by atoms with Crippen LogP contribution in [0, 0.1) is 0 Å². The van der Waals surface area contributed by atoms with Crippen molar-refractivity contribution in [1.29, 1.82) is 0 Å². The zero-order valence-electron chi connectivity index (χ0n) is 8.63. The fraction of sp³-hybridized carbons (Fsp3) is 0.889. The molecule has 0 aromatic carbocycles. The first-order valence-corrected chi connectivity index (χ1v) is 4.54. The lowest BCUT2D eigenvalue weighted by Gasteiger charge is -2.12. The third-order valence-corrected chi connectivity index (χ3v) is 1.74. The topological polar surface area (TPSA) is 24.8 Å². The van der Waals surface area contributed by atoms with Crippen molar-refractivity contribution in [3.05, 3.63) is 0 Å². The number of rotatable bonds is 6. The molecule has 0 saturated carbocycles. The Morgan fingerprint density at radius 3 is 2.58 bits per heavy atom. The van der Waals surface area contributed by atoms with Gasteiger partial charge in [0.05, 0.1) is 5.71 Å². The minimum Gasteiger partial charge on any atom is -0.396 e. The summed E-state index contributed by atoms with van der Waals surface area (Å²) in [6.45, 7) is 8.88. The van der Waals surface area contributed by atoms with Crippen LogP contribution in [0.5, 0.6) is 0 Å². The van der Waals surface area contributed by atoms with Gasteiger partial charge < -0.3 is 9.74 Å². The molecule has 12 heavy (non-hydrogen) atoms. The van der Waals surface area contributed by atoms with Gasteiger partial charge in [0.1, 0.15) is 6.61 Å². The van der Waals surface area contributed by atoms with Gasteiger partial charge in [-0.05, 0) is 27.4 Å². The van der Waals surface area contributed by atoms with Crippen molar-refractivity contribution in [3.63, 3.8) is 0 Å². The van der Waals surface area contributed by atoms with Crippen LogP contribution in [-0.2, 0) is 4.84 Å². The summed E-state index contributed by atoms with van der Waals surface area (Å²) < 4.78 is 0. The Morgan fingerprint density at radius 1 is 1.42 bits per heavy atom. The van der Waals surface area contributed by atoms with E-state index in [1.807, 2.05) is 13.8 Å². The van der Waals surface area contributed by atoms with Gasteiger partial charge in [0, 0.05) is 13.0 Å². The van der Waals surface area contributed by atoms with Gasteiger partial charge in [0.15, 0.2) is 0 Å². The van der Waals surface area contributed by atoms with Crippen molar-refractivity contribution < 1.29 is 4.84 Å². The molecule has 0 aliphatic heterocycles. The molecule has 0 spiro atoms. The molecule has 0 aromatic rings. The molecule has 0 heterocycles. The van der Waals surface area contributed by atoms with Crippen LogP contribution in [0.25, 0.3) is 0 Å². The average Bonchev–Trinajstić information content (AvgIpc) is 2.10. The highest BCUT2D eigenvalue weighted by molar-refractivity contribution is 5.81. The third kappa shape index (κ3) is 6.16. The van der Waals surface area contributed by atoms with Crippen molar-refractivity contribution >= 4 is 5.71 Å². The highest BCUT2D eigenvalue weighted by Gasteiger charge is 1.96. The number of hydrogen-bond acceptors (Lipinski definition) is 3. The zero-order valence-corrected chi connectivity index (χ0v) is 8.63. The molecule has 72 valence electrons. The van der Waals surface area contributed by atoms with E-state index in [2.05, 4.69) is 24.0 Å². The van der Waals surface area contributed by atoms with E-state index in [0.717, 1.165) is 25.2 Å². The van der Waals surface area contributed by atoms with Crippen molar-refractivity contribution in [1.82, 2.24) is 4.90 Å². The second-order valence-electron chi connectivity index (χ2n) is 2.89. The normalized spacial score (nSPS) is 12.2. The third-order valence-electron chi connectivity index (χ3n) is 1.74. The summed E-state index contributed by atoms with van der Waals surface area (Å²) in [5.41, 5.74) is 1.07. The summed E-state index contributed by atoms with van der Waals surface area (Å²) in [5, 5.41) is 3.94. The van der Waals surface area contributed by atoms with E-state index >= 15 is 0 Å². The molecule has 0 saturated heterocycles. The second-order valence-corrected chi connectivity index (χ2v) is 2.89. The lowest BCUT2D eigenvalue weighted by atomic mass is 10.3. The first-order chi connectivity index (χ1) is 5.70. The predicted octanol–water partition coefficient (Wildman–Crippen LogP) is 1.74. The lowest BCUT2D eigenvalue weighted by molar-refractivity contribution is 0.157. The maximum atomic E-state index is 4.93. The van der Waals surface area contributed by atoms with Crippen molar-refractivity contribution in [3.8, 4) is 0 Å². The van der Waals surface area contributed by atoms with Gasteiger partial charge in [0.2, 0.25) is 0 Å². The maximum absolute atomic E-state index is 4.93. The lowest BCUT2D eigenvalue weighted by Crippen LogP contribution is -2.20. The molecule has 0 rings (SSSR count). The van der Waals surface area contributed by atoms with Crippen molar-refractivity contribution in [2.45, 2.75) is 27.2 Å². The van der Waals surface area contributed by atoms with Crippen molar-refractivity contribution in [2.24, 2.45) is 5.16 Å². The minimum absolute atomic E-state index is 0.654. The predicted molar refractivity (Wildman–Crippen MR) is 52.5 cm³/mol. The van der Waals surface area contributed by atoms with Crippen LogP contribution in [0.2, 0.25) is 0 Å². The van der Waals surface area contributed by atoms with Gasteiger partial charge in [0.25, 0.3) is 0 Å². The first-order valence-electron chi connectivity index (χ1n) is 4.54. The molecule has 0 aliphatic rings. The summed E-state index contributed by atoms with van der Waals surface area (Å²) >= 11 is 0. The van der Waals surface area contributed by atoms with Gasteiger partial charge in [-0.2, -0.15) is 0 Å². The van der Waals surface area contributed by atoms with E-state index in [4.69, 9.17) is 4.84 Å². The Kier molecular flexibility index (Phi) is 6.76. The molecule has 0 amide bonds. The molecule has 0 aromatic heterocycles. The van der Waals surface area contributed by atoms with Gasteiger partial charge in [-0.1, -0.05) is 12.1 Å². The van der Waals surface area contributed by atoms with E-state index in [1.165, 1.54) is 0 Å². The highest BCUT2D eigenvalue weighted by Crippen LogP contribution is 1.91. The van der Waals surface area contributed by atoms with Crippen LogP contribution >= 0.6 is 0 Å². The zero-order chi connectivity index (χ0) is 9.40. The fourth-order valence-corrected chi connectivity index (χ4v) is 0.731. The van der Waals surface area contributed by atoms with E-state index in [-0.39, 0.29) is 0 Å². The van der Waals surface area contributed by atoms with E-state index < -0.39 is 0 Å². The summed E-state index contributed by atoms with van der Waals surface area (Å²) in [5.74, 6) is 0. The largest absolute Gasteiger partial charge is 0.396 e. The van der Waals surface area contributed by atoms with Crippen LogP contribution < -0.4 is 0 Å². The van der Waals surface area contributed by atoms with Gasteiger partial charge in [-0.15, -0.1) is 0 Å². The summed E-state index contributed by atoms with van der Waals surface area (Å²) in [6, 6.07) is 0. The SMILES string of the molecule is CCON=C(C)CCN(C)CC. The standard InChI is InChI=1S/C9H20N2O/c1-5-11(4)8-7-9(3)10-12-6-2/h5-8H2,1-4H3. The maximum Gasteiger partial charge on any atom is 0.114 e. The molecule has 0 unspecified atom stereocenters. The molecule has 0 radical (unpaired) electrons. The molecule has 0 aliphatic carbocycles. The smallest absolute Gasteiger partial charge is 0.114 e. The van der Waals surface area contributed by atoms with E-state index in [0.29, 0.717) is 6.61 Å². The molecule has 0 N–H and O–H groups in total. The number of nitrogens with zero attached hydrogens (tertiary/aromatic N) is 2. The van der Waals surface area contributed by atoms with Crippen LogP contribution in [-0.4, -0.2) is 37.4 Å². The fourth-order valence-electron chi connectivity index (χ4n) is 0.731. The Balaban J connectivity index is 3.48. The summed E-state index contributed by atoms with van der Waals surface area (Å²) in [4.78, 5) is 7.19. The summed E-state index contributed by atoms with van der Waals surface area (Å²) in [6.07, 6.45) is 0.990. The van der Waals surface area contributed by atoms with E-state index in [9.17, 15) is 0 Å². The molecular weight excluding hydrogens is 152 g/mol. The first kappa shape index (κ1) is 11.4. The van der Waals surface area contributed by atoms with Gasteiger partial charge in [-0.25, -0.2) is 0 Å². The van der Waals surface area contributed by atoms with Crippen molar-refractivity contribution in [2.75, 3.05) is 26.7 Å². The molecule has 0 atom stereocenters. The van der Waals surface area contributed by atoms with Gasteiger partial charge >= 0.3 is 0 Å². The number of hydrogen-bond donors (Lipinski definition) is 0. The van der Waals surface area contributed by atoms with E-state index in [1.54, 1.807) is 0 Å².